The van der Waals surface area contributed by atoms with E-state index in [1.54, 1.807) is 0 Å². The van der Waals surface area contributed by atoms with Crippen LogP contribution in [0.3, 0.4) is 0 Å². The van der Waals surface area contributed by atoms with Gasteiger partial charge in [0.05, 0.1) is 23.7 Å². The van der Waals surface area contributed by atoms with Crippen LogP contribution in [0.1, 0.15) is 86.3 Å². The second-order valence-corrected chi connectivity index (χ2v) is 11.3. The first-order valence-electron chi connectivity index (χ1n) is 13.8. The maximum atomic E-state index is 14.0. The Balaban J connectivity index is 1.36. The highest BCUT2D eigenvalue weighted by Gasteiger charge is 2.49. The van der Waals surface area contributed by atoms with Crippen molar-refractivity contribution in [2.75, 3.05) is 6.54 Å². The monoisotopic (exact) mass is 568 g/mol. The fourth-order valence-electron chi connectivity index (χ4n) is 6.68. The number of nitrogens with one attached hydrogen (secondary N) is 1. The van der Waals surface area contributed by atoms with Crippen LogP contribution in [-0.2, 0) is 11.0 Å². The summed E-state index contributed by atoms with van der Waals surface area (Å²) >= 11 is 0. The molecule has 3 fully saturated rings. The van der Waals surface area contributed by atoms with Gasteiger partial charge in [0, 0.05) is 43.1 Å². The van der Waals surface area contributed by atoms with Gasteiger partial charge >= 0.3 is 12.1 Å². The summed E-state index contributed by atoms with van der Waals surface area (Å²) in [5.41, 5.74) is -0.808. The van der Waals surface area contributed by atoms with Crippen LogP contribution in [0.15, 0.2) is 30.3 Å². The van der Waals surface area contributed by atoms with Gasteiger partial charge in [-0.15, -0.1) is 0 Å². The normalized spacial score (nSPS) is 23.8. The van der Waals surface area contributed by atoms with E-state index in [9.17, 15) is 36.6 Å². The molecular weight excluding hydrogens is 535 g/mol. The number of hydrogen-bond acceptors (Lipinski definition) is 4. The van der Waals surface area contributed by atoms with Crippen LogP contribution in [-0.4, -0.2) is 62.3 Å². The molecule has 1 saturated carbocycles. The summed E-state index contributed by atoms with van der Waals surface area (Å²) in [7, 11) is 0. The number of carboxylic acids is 1. The Kier molecular flexibility index (Phi) is 7.91. The summed E-state index contributed by atoms with van der Waals surface area (Å²) in [4.78, 5) is 26.9. The Hall–Kier alpha value is -3.02. The Bertz CT molecular complexity index is 1220. The van der Waals surface area contributed by atoms with E-state index < -0.39 is 35.6 Å². The molecule has 3 aliphatic rings. The van der Waals surface area contributed by atoms with Gasteiger partial charge in [0.1, 0.15) is 0 Å². The number of aliphatic carboxylic acids is 1. The maximum absolute atomic E-state index is 14.0. The highest BCUT2D eigenvalue weighted by atomic mass is 19.4. The number of benzene rings is 1. The zero-order valence-corrected chi connectivity index (χ0v) is 22.0. The molecule has 2 saturated heterocycles. The quantitative estimate of drug-likeness (QED) is 0.368. The van der Waals surface area contributed by atoms with Gasteiger partial charge in [0.25, 0.3) is 11.8 Å². The molecule has 1 amide bonds. The minimum Gasteiger partial charge on any atom is -0.481 e. The maximum Gasteiger partial charge on any atom is 0.417 e. The lowest BCUT2D eigenvalue weighted by molar-refractivity contribution is -0.138. The number of carbonyl (C=O) groups excluding carboxylic acids is 1. The lowest BCUT2D eigenvalue weighted by Crippen LogP contribution is -2.49. The molecule has 2 aromatic rings. The summed E-state index contributed by atoms with van der Waals surface area (Å²) in [6.45, 7) is 0.365. The van der Waals surface area contributed by atoms with Crippen molar-refractivity contribution >= 4 is 11.9 Å². The van der Waals surface area contributed by atoms with Crippen molar-refractivity contribution < 1.29 is 36.6 Å². The van der Waals surface area contributed by atoms with E-state index in [0.29, 0.717) is 19.4 Å². The molecule has 0 spiro atoms. The Morgan fingerprint density at radius 3 is 2.33 bits per heavy atom. The van der Waals surface area contributed by atoms with Crippen LogP contribution < -0.4 is 5.32 Å². The molecule has 7 nitrogen and oxygen atoms in total. The average molecular weight is 569 g/mol. The molecule has 2 N–H and O–H groups in total. The van der Waals surface area contributed by atoms with Gasteiger partial charge in [-0.05, 0) is 44.2 Å². The number of piperidine rings is 1. The molecule has 3 atom stereocenters. The van der Waals surface area contributed by atoms with Crippen molar-refractivity contribution in [1.29, 1.82) is 0 Å². The Morgan fingerprint density at radius 2 is 1.70 bits per heavy atom. The first-order valence-corrected chi connectivity index (χ1v) is 13.8. The molecule has 5 rings (SSSR count). The minimum atomic E-state index is -4.60. The van der Waals surface area contributed by atoms with Crippen LogP contribution in [0, 0.1) is 0 Å². The molecule has 40 heavy (non-hydrogen) atoms. The first kappa shape index (κ1) is 28.5. The van der Waals surface area contributed by atoms with Crippen LogP contribution in [0.2, 0.25) is 0 Å². The molecule has 1 aromatic carbocycles. The van der Waals surface area contributed by atoms with Crippen LogP contribution in [0.4, 0.5) is 22.0 Å². The number of rotatable bonds is 9. The molecule has 2 bridgehead atoms. The number of fused-ring (bicyclic) bond motifs is 2. The minimum absolute atomic E-state index is 0.0760. The van der Waals surface area contributed by atoms with Crippen molar-refractivity contribution in [3.8, 4) is 11.3 Å². The zero-order valence-electron chi connectivity index (χ0n) is 22.0. The standard InChI is InChI=1S/C28H33F5N4O3/c29-27(30)15-19-9-10-20(16-27)36(19)12-11-17(13-25(38)39)34-26(40)23-14-24(37(35-23)18-5-1-2-6-18)21-7-3-4-8-22(21)28(31,32)33/h3-4,7-8,14,17-20H,1-2,5-6,9-13,15-16H2,(H,34,40)(H,38,39)/t17-,19+,20?/m0/s1. The second kappa shape index (κ2) is 11.1. The second-order valence-electron chi connectivity index (χ2n) is 11.3. The summed E-state index contributed by atoms with van der Waals surface area (Å²) in [6, 6.07) is 5.01. The fraction of sp³-hybridized carbons (Fsp3) is 0.607. The summed E-state index contributed by atoms with van der Waals surface area (Å²) in [5, 5.41) is 16.6. The van der Waals surface area contributed by atoms with Gasteiger partial charge in [-0.25, -0.2) is 8.78 Å². The number of amides is 1. The topological polar surface area (TPSA) is 87.5 Å². The van der Waals surface area contributed by atoms with Crippen molar-refractivity contribution in [2.45, 2.75) is 100 Å². The SMILES string of the molecule is O=C(O)C[C@H](CCN1C2CC[C@@H]1CC(F)(F)C2)NC(=O)c1cc(-c2ccccc2C(F)(F)F)n(C2CCCC2)n1. The molecular formula is C28H33F5N4O3. The molecule has 218 valence electrons. The van der Waals surface area contributed by atoms with Crippen molar-refractivity contribution in [3.05, 3.63) is 41.6 Å². The number of halogens is 5. The zero-order chi connectivity index (χ0) is 28.7. The third-order valence-electron chi connectivity index (χ3n) is 8.48. The number of aromatic nitrogens is 2. The number of alkyl halides is 5. The van der Waals surface area contributed by atoms with Crippen LogP contribution >= 0.6 is 0 Å². The third-order valence-corrected chi connectivity index (χ3v) is 8.48. The molecule has 1 aliphatic carbocycles. The lowest BCUT2D eigenvalue weighted by Gasteiger charge is -2.39. The largest absolute Gasteiger partial charge is 0.481 e. The van der Waals surface area contributed by atoms with Crippen LogP contribution in [0.25, 0.3) is 11.3 Å². The fourth-order valence-corrected chi connectivity index (χ4v) is 6.68. The van der Waals surface area contributed by atoms with Gasteiger partial charge in [-0.2, -0.15) is 18.3 Å². The average Bonchev–Trinajstić information content (AvgIpc) is 3.60. The Morgan fingerprint density at radius 1 is 1.05 bits per heavy atom. The number of carboxylic acid groups (broad SMARTS) is 1. The molecule has 2 aliphatic heterocycles. The van der Waals surface area contributed by atoms with Crippen LogP contribution in [0.5, 0.6) is 0 Å². The summed E-state index contributed by atoms with van der Waals surface area (Å²) in [5.74, 6) is -4.51. The molecule has 12 heteroatoms. The molecule has 1 aromatic heterocycles. The van der Waals surface area contributed by atoms with E-state index in [1.165, 1.54) is 28.9 Å². The van der Waals surface area contributed by atoms with E-state index >= 15 is 0 Å². The predicted octanol–water partition coefficient (Wildman–Crippen LogP) is 5.91. The lowest BCUT2D eigenvalue weighted by atomic mass is 9.98. The van der Waals surface area contributed by atoms with Crippen molar-refractivity contribution in [3.63, 3.8) is 0 Å². The van der Waals surface area contributed by atoms with Crippen molar-refractivity contribution in [2.24, 2.45) is 0 Å². The molecule has 3 heterocycles. The Labute approximate surface area is 228 Å². The third kappa shape index (κ3) is 6.16. The predicted molar refractivity (Wildman–Crippen MR) is 136 cm³/mol. The number of hydrogen-bond donors (Lipinski definition) is 2. The number of nitrogens with zero attached hydrogens (tertiary/aromatic N) is 3. The van der Waals surface area contributed by atoms with Gasteiger partial charge in [-0.3, -0.25) is 19.2 Å². The van der Waals surface area contributed by atoms with E-state index in [0.717, 1.165) is 31.7 Å². The highest BCUT2D eigenvalue weighted by molar-refractivity contribution is 5.94. The van der Waals surface area contributed by atoms with E-state index in [4.69, 9.17) is 0 Å². The number of carbonyl (C=O) groups is 2. The van der Waals surface area contributed by atoms with Gasteiger partial charge in [0.2, 0.25) is 0 Å². The highest BCUT2D eigenvalue weighted by Crippen LogP contribution is 2.44. The van der Waals surface area contributed by atoms with Crippen molar-refractivity contribution in [1.82, 2.24) is 20.0 Å². The summed E-state index contributed by atoms with van der Waals surface area (Å²) < 4.78 is 71.0. The van der Waals surface area contributed by atoms with E-state index in [1.807, 2.05) is 4.90 Å². The molecule has 0 radical (unpaired) electrons. The van der Waals surface area contributed by atoms with Gasteiger partial charge in [0.15, 0.2) is 5.69 Å². The smallest absolute Gasteiger partial charge is 0.417 e. The summed E-state index contributed by atoms with van der Waals surface area (Å²) in [6.07, 6.45) is -0.606. The molecule has 1 unspecified atom stereocenters. The first-order chi connectivity index (χ1) is 18.9. The van der Waals surface area contributed by atoms with Gasteiger partial charge < -0.3 is 10.4 Å². The van der Waals surface area contributed by atoms with Gasteiger partial charge in [-0.1, -0.05) is 31.0 Å². The van der Waals surface area contributed by atoms with E-state index in [2.05, 4.69) is 10.4 Å². The van der Waals surface area contributed by atoms with E-state index in [-0.39, 0.29) is 60.8 Å².